The minimum absolute atomic E-state index is 0.0537. The minimum atomic E-state index is -0.837. The highest BCUT2D eigenvalue weighted by atomic mass is 79.9. The van der Waals surface area contributed by atoms with E-state index in [0.717, 1.165) is 5.69 Å². The molecule has 1 aromatic carbocycles. The van der Waals surface area contributed by atoms with Gasteiger partial charge in [-0.2, -0.15) is 0 Å². The number of nitrogens with zero attached hydrogens (tertiary/aromatic N) is 1. The molecule has 0 fully saturated rings. The van der Waals surface area contributed by atoms with Crippen molar-refractivity contribution in [2.45, 2.75) is 19.8 Å². The molecule has 0 aliphatic heterocycles. The van der Waals surface area contributed by atoms with Crippen LogP contribution in [-0.2, 0) is 4.79 Å². The second-order valence-corrected chi connectivity index (χ2v) is 4.65. The predicted molar refractivity (Wildman–Crippen MR) is 70.9 cm³/mol. The lowest BCUT2D eigenvalue weighted by Gasteiger charge is -2.09. The number of nitrogens with one attached hydrogen (secondary N) is 1. The summed E-state index contributed by atoms with van der Waals surface area (Å²) in [7, 11) is 0. The van der Waals surface area contributed by atoms with Gasteiger partial charge in [0.05, 0.1) is 4.92 Å². The van der Waals surface area contributed by atoms with E-state index < -0.39 is 10.9 Å². The number of halogens is 1. The Morgan fingerprint density at radius 3 is 2.78 bits per heavy atom. The van der Waals surface area contributed by atoms with Gasteiger partial charge in [-0.1, -0.05) is 0 Å². The van der Waals surface area contributed by atoms with E-state index in [2.05, 4.69) is 21.2 Å². The summed E-state index contributed by atoms with van der Waals surface area (Å²) in [6, 6.07) is 3.11. The number of carbonyl (C=O) groups is 1. The van der Waals surface area contributed by atoms with Gasteiger partial charge >= 0.3 is 5.97 Å². The lowest BCUT2D eigenvalue weighted by Crippen LogP contribution is -2.06. The number of rotatable bonds is 6. The Labute approximate surface area is 112 Å². The first-order chi connectivity index (χ1) is 8.41. The summed E-state index contributed by atoms with van der Waals surface area (Å²) in [5.74, 6) is -0.837. The molecular formula is C11H13BrN2O4. The highest BCUT2D eigenvalue weighted by Crippen LogP contribution is 2.30. The molecule has 7 heteroatoms. The van der Waals surface area contributed by atoms with E-state index in [1.807, 2.05) is 0 Å². The number of aliphatic carboxylic acids is 1. The maximum Gasteiger partial charge on any atom is 0.303 e. The molecule has 0 aliphatic carbocycles. The molecule has 0 spiro atoms. The van der Waals surface area contributed by atoms with Crippen LogP contribution in [0.4, 0.5) is 11.4 Å². The van der Waals surface area contributed by atoms with Gasteiger partial charge in [-0.3, -0.25) is 14.9 Å². The number of aryl methyl sites for hydroxylation is 1. The number of nitro benzene ring substituents is 1. The van der Waals surface area contributed by atoms with Crippen LogP contribution in [0.5, 0.6) is 0 Å². The summed E-state index contributed by atoms with van der Waals surface area (Å²) < 4.78 is 0.593. The third kappa shape index (κ3) is 3.99. The monoisotopic (exact) mass is 316 g/mol. The van der Waals surface area contributed by atoms with Crippen LogP contribution in [0.3, 0.4) is 0 Å². The molecule has 0 heterocycles. The lowest BCUT2D eigenvalue weighted by atomic mass is 10.2. The molecule has 0 saturated heterocycles. The van der Waals surface area contributed by atoms with E-state index in [1.54, 1.807) is 13.0 Å². The van der Waals surface area contributed by atoms with Crippen LogP contribution < -0.4 is 5.32 Å². The summed E-state index contributed by atoms with van der Waals surface area (Å²) in [4.78, 5) is 20.6. The standard InChI is InChI=1S/C11H13BrN2O4/c1-7-5-9(13-4-2-3-11(15)16)8(12)6-10(7)14(17)18/h5-6,13H,2-4H2,1H3,(H,15,16). The normalized spacial score (nSPS) is 10.1. The number of hydrogen-bond donors (Lipinski definition) is 2. The molecule has 0 aliphatic rings. The van der Waals surface area contributed by atoms with Gasteiger partial charge in [0.1, 0.15) is 0 Å². The molecule has 0 amide bonds. The number of carboxylic acids is 1. The number of anilines is 1. The molecule has 0 aromatic heterocycles. The zero-order valence-electron chi connectivity index (χ0n) is 9.77. The van der Waals surface area contributed by atoms with Crippen molar-refractivity contribution in [1.29, 1.82) is 0 Å². The molecule has 0 radical (unpaired) electrons. The van der Waals surface area contributed by atoms with Crippen molar-refractivity contribution in [1.82, 2.24) is 0 Å². The molecule has 6 nitrogen and oxygen atoms in total. The summed E-state index contributed by atoms with van der Waals surface area (Å²) in [6.45, 7) is 2.16. The third-order valence-corrected chi connectivity index (χ3v) is 3.02. The molecule has 98 valence electrons. The van der Waals surface area contributed by atoms with Gasteiger partial charge in [-0.15, -0.1) is 0 Å². The molecular weight excluding hydrogens is 304 g/mol. The van der Waals surface area contributed by atoms with Gasteiger partial charge in [0.2, 0.25) is 0 Å². The van der Waals surface area contributed by atoms with Gasteiger partial charge in [-0.05, 0) is 35.3 Å². The molecule has 0 saturated carbocycles. The molecule has 18 heavy (non-hydrogen) atoms. The van der Waals surface area contributed by atoms with Crippen LogP contribution in [0.15, 0.2) is 16.6 Å². The average Bonchev–Trinajstić information content (AvgIpc) is 2.27. The van der Waals surface area contributed by atoms with Crippen molar-refractivity contribution in [2.75, 3.05) is 11.9 Å². The SMILES string of the molecule is Cc1cc(NCCCC(=O)O)c(Br)cc1[N+](=O)[O-]. The van der Waals surface area contributed by atoms with Crippen molar-refractivity contribution in [3.05, 3.63) is 32.3 Å². The van der Waals surface area contributed by atoms with Crippen LogP contribution in [0.25, 0.3) is 0 Å². The fourth-order valence-corrected chi connectivity index (χ4v) is 1.94. The van der Waals surface area contributed by atoms with Gasteiger partial charge in [0.25, 0.3) is 5.69 Å². The van der Waals surface area contributed by atoms with Crippen LogP contribution in [0.1, 0.15) is 18.4 Å². The van der Waals surface area contributed by atoms with Gasteiger partial charge < -0.3 is 10.4 Å². The first-order valence-electron chi connectivity index (χ1n) is 5.32. The van der Waals surface area contributed by atoms with Crippen molar-refractivity contribution in [2.24, 2.45) is 0 Å². The number of carboxylic acid groups (broad SMARTS) is 1. The molecule has 1 aromatic rings. The Bertz CT molecular complexity index is 476. The summed E-state index contributed by atoms with van der Waals surface area (Å²) in [5, 5.41) is 22.3. The van der Waals surface area contributed by atoms with Crippen LogP contribution in [0, 0.1) is 17.0 Å². The summed E-state index contributed by atoms with van der Waals surface area (Å²) >= 11 is 3.25. The van der Waals surface area contributed by atoms with E-state index >= 15 is 0 Å². The van der Waals surface area contributed by atoms with E-state index in [-0.39, 0.29) is 12.1 Å². The Morgan fingerprint density at radius 1 is 1.56 bits per heavy atom. The quantitative estimate of drug-likeness (QED) is 0.478. The Morgan fingerprint density at radius 2 is 2.22 bits per heavy atom. The highest BCUT2D eigenvalue weighted by molar-refractivity contribution is 9.10. The lowest BCUT2D eigenvalue weighted by molar-refractivity contribution is -0.385. The van der Waals surface area contributed by atoms with Gasteiger partial charge in [0.15, 0.2) is 0 Å². The van der Waals surface area contributed by atoms with Crippen LogP contribution >= 0.6 is 15.9 Å². The largest absolute Gasteiger partial charge is 0.481 e. The molecule has 2 N–H and O–H groups in total. The van der Waals surface area contributed by atoms with E-state index in [0.29, 0.717) is 23.0 Å². The van der Waals surface area contributed by atoms with Gasteiger partial charge in [0, 0.05) is 34.8 Å². The topological polar surface area (TPSA) is 92.5 Å². The zero-order valence-corrected chi connectivity index (χ0v) is 11.4. The highest BCUT2D eigenvalue weighted by Gasteiger charge is 2.13. The Kier molecular flexibility index (Phi) is 5.08. The van der Waals surface area contributed by atoms with Crippen molar-refractivity contribution >= 4 is 33.3 Å². The number of benzene rings is 1. The minimum Gasteiger partial charge on any atom is -0.481 e. The fourth-order valence-electron chi connectivity index (χ4n) is 1.47. The number of hydrogen-bond acceptors (Lipinski definition) is 4. The Balaban J connectivity index is 2.70. The summed E-state index contributed by atoms with van der Waals surface area (Å²) in [5.41, 5.74) is 1.34. The van der Waals surface area contributed by atoms with E-state index in [1.165, 1.54) is 6.07 Å². The third-order valence-electron chi connectivity index (χ3n) is 2.37. The molecule has 0 atom stereocenters. The average molecular weight is 317 g/mol. The van der Waals surface area contributed by atoms with Gasteiger partial charge in [-0.25, -0.2) is 0 Å². The van der Waals surface area contributed by atoms with Crippen LogP contribution in [0.2, 0.25) is 0 Å². The molecule has 0 bridgehead atoms. The molecule has 1 rings (SSSR count). The first-order valence-corrected chi connectivity index (χ1v) is 6.11. The zero-order chi connectivity index (χ0) is 13.7. The van der Waals surface area contributed by atoms with E-state index in [9.17, 15) is 14.9 Å². The van der Waals surface area contributed by atoms with Crippen molar-refractivity contribution < 1.29 is 14.8 Å². The smallest absolute Gasteiger partial charge is 0.303 e. The Hall–Kier alpha value is -1.63. The van der Waals surface area contributed by atoms with E-state index in [4.69, 9.17) is 5.11 Å². The first kappa shape index (κ1) is 14.4. The maximum absolute atomic E-state index is 10.7. The predicted octanol–water partition coefficient (Wildman–Crippen LogP) is 2.94. The fraction of sp³-hybridized carbons (Fsp3) is 0.364. The summed E-state index contributed by atoms with van der Waals surface area (Å²) in [6.07, 6.45) is 0.592. The second-order valence-electron chi connectivity index (χ2n) is 3.80. The molecule has 0 unspecified atom stereocenters. The second kappa shape index (κ2) is 6.34. The van der Waals surface area contributed by atoms with Crippen molar-refractivity contribution in [3.8, 4) is 0 Å². The maximum atomic E-state index is 10.7. The van der Waals surface area contributed by atoms with Crippen molar-refractivity contribution in [3.63, 3.8) is 0 Å². The van der Waals surface area contributed by atoms with Crippen LogP contribution in [-0.4, -0.2) is 22.5 Å². The number of nitro groups is 1.